The quantitative estimate of drug-likeness (QED) is 0.689. The van der Waals surface area contributed by atoms with Gasteiger partial charge in [-0.15, -0.1) is 0 Å². The highest BCUT2D eigenvalue weighted by molar-refractivity contribution is 5.90. The number of carboxylic acids is 1. The first kappa shape index (κ1) is 19.4. The molecule has 140 valence electrons. The van der Waals surface area contributed by atoms with Crippen LogP contribution in [0, 0.1) is 0 Å². The van der Waals surface area contributed by atoms with Crippen LogP contribution in [0.25, 0.3) is 0 Å². The van der Waals surface area contributed by atoms with E-state index >= 15 is 0 Å². The number of rotatable bonds is 8. The van der Waals surface area contributed by atoms with E-state index in [0.29, 0.717) is 25.4 Å². The lowest BCUT2D eigenvalue weighted by Crippen LogP contribution is -2.22. The van der Waals surface area contributed by atoms with E-state index < -0.39 is 5.97 Å². The SMILES string of the molecule is CC(C)(C)Oc1cccc(OCCCOc2ccc(C(=O)O)c(O)c2)c1. The van der Waals surface area contributed by atoms with E-state index in [2.05, 4.69) is 0 Å². The van der Waals surface area contributed by atoms with E-state index in [1.807, 2.05) is 45.0 Å². The summed E-state index contributed by atoms with van der Waals surface area (Å²) >= 11 is 0. The number of aromatic carboxylic acids is 1. The Hall–Kier alpha value is -2.89. The minimum absolute atomic E-state index is 0.155. The fourth-order valence-electron chi connectivity index (χ4n) is 2.20. The predicted molar refractivity (Wildman–Crippen MR) is 97.5 cm³/mol. The number of hydrogen-bond donors (Lipinski definition) is 2. The zero-order valence-corrected chi connectivity index (χ0v) is 15.2. The summed E-state index contributed by atoms with van der Waals surface area (Å²) in [4.78, 5) is 10.8. The maximum Gasteiger partial charge on any atom is 0.339 e. The molecule has 0 radical (unpaired) electrons. The molecule has 0 heterocycles. The fraction of sp³-hybridized carbons (Fsp3) is 0.350. The van der Waals surface area contributed by atoms with Crippen molar-refractivity contribution in [3.63, 3.8) is 0 Å². The van der Waals surface area contributed by atoms with Gasteiger partial charge in [0.15, 0.2) is 0 Å². The predicted octanol–water partition coefficient (Wildman–Crippen LogP) is 4.12. The van der Waals surface area contributed by atoms with Crippen LogP contribution in [0.15, 0.2) is 42.5 Å². The Morgan fingerprint density at radius 3 is 2.15 bits per heavy atom. The summed E-state index contributed by atoms with van der Waals surface area (Å²) in [5, 5.41) is 18.5. The van der Waals surface area contributed by atoms with Crippen LogP contribution < -0.4 is 14.2 Å². The normalized spacial score (nSPS) is 11.0. The van der Waals surface area contributed by atoms with Gasteiger partial charge in [0, 0.05) is 18.6 Å². The number of aromatic hydroxyl groups is 1. The van der Waals surface area contributed by atoms with Crippen molar-refractivity contribution >= 4 is 5.97 Å². The molecule has 0 spiro atoms. The van der Waals surface area contributed by atoms with E-state index in [4.69, 9.17) is 19.3 Å². The third kappa shape index (κ3) is 6.20. The maximum atomic E-state index is 10.8. The number of ether oxygens (including phenoxy) is 3. The molecule has 0 saturated heterocycles. The molecule has 0 aliphatic rings. The van der Waals surface area contributed by atoms with E-state index in [9.17, 15) is 9.90 Å². The summed E-state index contributed by atoms with van der Waals surface area (Å²) in [6, 6.07) is 11.6. The van der Waals surface area contributed by atoms with E-state index in [1.165, 1.54) is 18.2 Å². The Kier molecular flexibility index (Phi) is 6.33. The van der Waals surface area contributed by atoms with Gasteiger partial charge in [-0.05, 0) is 45.0 Å². The summed E-state index contributed by atoms with van der Waals surface area (Å²) in [5.41, 5.74) is -0.424. The topological polar surface area (TPSA) is 85.2 Å². The first-order valence-corrected chi connectivity index (χ1v) is 8.35. The second kappa shape index (κ2) is 8.47. The maximum absolute atomic E-state index is 10.8. The number of benzene rings is 2. The van der Waals surface area contributed by atoms with Crippen molar-refractivity contribution in [2.24, 2.45) is 0 Å². The van der Waals surface area contributed by atoms with Crippen LogP contribution in [0.2, 0.25) is 0 Å². The molecule has 0 unspecified atom stereocenters. The van der Waals surface area contributed by atoms with Crippen LogP contribution in [-0.4, -0.2) is 35.0 Å². The second-order valence-corrected chi connectivity index (χ2v) is 6.72. The van der Waals surface area contributed by atoms with Crippen LogP contribution in [0.1, 0.15) is 37.6 Å². The van der Waals surface area contributed by atoms with Gasteiger partial charge in [-0.2, -0.15) is 0 Å². The molecule has 0 aromatic heterocycles. The molecule has 0 aliphatic heterocycles. The third-order valence-electron chi connectivity index (χ3n) is 3.26. The highest BCUT2D eigenvalue weighted by atomic mass is 16.5. The zero-order valence-electron chi connectivity index (χ0n) is 15.2. The highest BCUT2D eigenvalue weighted by Crippen LogP contribution is 2.24. The second-order valence-electron chi connectivity index (χ2n) is 6.72. The number of phenols is 1. The Morgan fingerprint density at radius 1 is 0.962 bits per heavy atom. The molecule has 0 aliphatic carbocycles. The van der Waals surface area contributed by atoms with Crippen molar-refractivity contribution in [2.75, 3.05) is 13.2 Å². The Labute approximate surface area is 152 Å². The first-order valence-electron chi connectivity index (χ1n) is 8.35. The first-order chi connectivity index (χ1) is 12.2. The molecule has 2 aromatic carbocycles. The lowest BCUT2D eigenvalue weighted by Gasteiger charge is -2.21. The third-order valence-corrected chi connectivity index (χ3v) is 3.26. The van der Waals surface area contributed by atoms with Crippen LogP contribution in [0.4, 0.5) is 0 Å². The van der Waals surface area contributed by atoms with Gasteiger partial charge in [0.2, 0.25) is 0 Å². The van der Waals surface area contributed by atoms with Crippen LogP contribution >= 0.6 is 0 Å². The Morgan fingerprint density at radius 2 is 1.58 bits per heavy atom. The summed E-state index contributed by atoms with van der Waals surface area (Å²) in [5.74, 6) is 0.380. The van der Waals surface area contributed by atoms with Gasteiger partial charge < -0.3 is 24.4 Å². The van der Waals surface area contributed by atoms with Crippen molar-refractivity contribution in [3.05, 3.63) is 48.0 Å². The highest BCUT2D eigenvalue weighted by Gasteiger charge is 2.12. The van der Waals surface area contributed by atoms with Crippen molar-refractivity contribution in [1.82, 2.24) is 0 Å². The van der Waals surface area contributed by atoms with Gasteiger partial charge in [-0.25, -0.2) is 4.79 Å². The minimum Gasteiger partial charge on any atom is -0.507 e. The van der Waals surface area contributed by atoms with Gasteiger partial charge in [0.05, 0.1) is 13.2 Å². The zero-order chi connectivity index (χ0) is 19.2. The number of carboxylic acid groups (broad SMARTS) is 1. The molecule has 0 saturated carbocycles. The van der Waals surface area contributed by atoms with Gasteiger partial charge in [0.1, 0.15) is 34.2 Å². The van der Waals surface area contributed by atoms with Gasteiger partial charge in [0.25, 0.3) is 0 Å². The van der Waals surface area contributed by atoms with Crippen LogP contribution in [-0.2, 0) is 0 Å². The molecule has 0 bridgehead atoms. The molecule has 6 nitrogen and oxygen atoms in total. The standard InChI is InChI=1S/C20H24O6/c1-20(2,3)26-16-7-4-6-14(12-16)24-10-5-11-25-15-8-9-17(19(22)23)18(21)13-15/h4,6-9,12-13,21H,5,10-11H2,1-3H3,(H,22,23). The van der Waals surface area contributed by atoms with Crippen molar-refractivity contribution in [1.29, 1.82) is 0 Å². The average molecular weight is 360 g/mol. The molecule has 0 atom stereocenters. The molecule has 6 heteroatoms. The van der Waals surface area contributed by atoms with Crippen molar-refractivity contribution in [2.45, 2.75) is 32.8 Å². The molecule has 0 fully saturated rings. The van der Waals surface area contributed by atoms with Crippen LogP contribution in [0.3, 0.4) is 0 Å². The Balaban J connectivity index is 1.76. The van der Waals surface area contributed by atoms with Crippen LogP contribution in [0.5, 0.6) is 23.0 Å². The van der Waals surface area contributed by atoms with Gasteiger partial charge in [-0.3, -0.25) is 0 Å². The fourth-order valence-corrected chi connectivity index (χ4v) is 2.20. The number of hydrogen-bond acceptors (Lipinski definition) is 5. The smallest absolute Gasteiger partial charge is 0.339 e. The van der Waals surface area contributed by atoms with E-state index in [1.54, 1.807) is 0 Å². The molecular formula is C20H24O6. The molecule has 26 heavy (non-hydrogen) atoms. The van der Waals surface area contributed by atoms with Crippen molar-refractivity contribution < 1.29 is 29.2 Å². The van der Waals surface area contributed by atoms with Crippen molar-refractivity contribution in [3.8, 4) is 23.0 Å². The lowest BCUT2D eigenvalue weighted by atomic mass is 10.2. The molecule has 2 N–H and O–H groups in total. The molecule has 2 rings (SSSR count). The van der Waals surface area contributed by atoms with Gasteiger partial charge in [-0.1, -0.05) is 6.07 Å². The van der Waals surface area contributed by atoms with E-state index in [-0.39, 0.29) is 16.9 Å². The Bertz CT molecular complexity index is 748. The minimum atomic E-state index is -1.18. The molecule has 0 amide bonds. The lowest BCUT2D eigenvalue weighted by molar-refractivity contribution is 0.0693. The van der Waals surface area contributed by atoms with Gasteiger partial charge >= 0.3 is 5.97 Å². The summed E-state index contributed by atoms with van der Waals surface area (Å²) in [6.07, 6.45) is 0.631. The number of carbonyl (C=O) groups is 1. The van der Waals surface area contributed by atoms with E-state index in [0.717, 1.165) is 11.5 Å². The average Bonchev–Trinajstić information content (AvgIpc) is 2.53. The largest absolute Gasteiger partial charge is 0.507 e. The summed E-state index contributed by atoms with van der Waals surface area (Å²) in [7, 11) is 0. The molecule has 2 aromatic rings. The summed E-state index contributed by atoms with van der Waals surface area (Å²) in [6.45, 7) is 6.79. The molecular weight excluding hydrogens is 336 g/mol. The monoisotopic (exact) mass is 360 g/mol. The summed E-state index contributed by atoms with van der Waals surface area (Å²) < 4.78 is 17.0.